The second kappa shape index (κ2) is 19.1. The van der Waals surface area contributed by atoms with Crippen molar-refractivity contribution >= 4 is 143 Å². The zero-order valence-electron chi connectivity index (χ0n) is 50.4. The van der Waals surface area contributed by atoms with Crippen molar-refractivity contribution in [1.29, 1.82) is 0 Å². The molecule has 21 rings (SSSR count). The summed E-state index contributed by atoms with van der Waals surface area (Å²) in [5, 5.41) is 13.0. The average molecular weight is 1180 g/mol. The van der Waals surface area contributed by atoms with E-state index in [2.05, 4.69) is 349 Å². The molecule has 20 aromatic rings. The number of hydrogen-bond acceptors (Lipinski definition) is 0. The monoisotopic (exact) mass is 1180 g/mol. The van der Waals surface area contributed by atoms with Gasteiger partial charge in [0.05, 0.1) is 77.9 Å². The van der Waals surface area contributed by atoms with Gasteiger partial charge in [0, 0.05) is 64.9 Å². The molecule has 0 N–H and O–H groups in total. The van der Waals surface area contributed by atoms with Crippen LogP contribution in [0.1, 0.15) is 0 Å². The van der Waals surface area contributed by atoms with E-state index >= 15 is 0 Å². The molecule has 0 saturated carbocycles. The van der Waals surface area contributed by atoms with E-state index < -0.39 is 0 Å². The molecule has 0 saturated heterocycles. The third-order valence-electron chi connectivity index (χ3n) is 20.5. The summed E-state index contributed by atoms with van der Waals surface area (Å²) in [4.78, 5) is 0. The molecule has 7 heteroatoms. The highest BCUT2D eigenvalue weighted by atomic mass is 15.2. The lowest BCUT2D eigenvalue weighted by atomic mass is 9.38. The Morgan fingerprint density at radius 3 is 0.753 bits per heavy atom. The second-order valence-electron chi connectivity index (χ2n) is 25.0. The van der Waals surface area contributed by atoms with Crippen LogP contribution in [0.15, 0.2) is 322 Å². The number of benzene rings is 14. The van der Waals surface area contributed by atoms with Gasteiger partial charge < -0.3 is 18.3 Å². The van der Waals surface area contributed by atoms with Gasteiger partial charge in [-0.15, -0.1) is 0 Å². The summed E-state index contributed by atoms with van der Waals surface area (Å²) in [6.45, 7) is -0.327. The van der Waals surface area contributed by atoms with Gasteiger partial charge in [-0.2, -0.15) is 0 Å². The van der Waals surface area contributed by atoms with Crippen molar-refractivity contribution in [3.05, 3.63) is 322 Å². The Kier molecular flexibility index (Phi) is 10.4. The number of hydrogen-bond donors (Lipinski definition) is 0. The fourth-order valence-corrected chi connectivity index (χ4v) is 16.9. The lowest BCUT2D eigenvalue weighted by molar-refractivity contribution is 0.988. The van der Waals surface area contributed by atoms with Gasteiger partial charge in [-0.05, 0) is 89.4 Å². The smallest absolute Gasteiger partial charge is 0.248 e. The molecule has 0 spiro atoms. The Labute approximate surface area is 534 Å². The van der Waals surface area contributed by atoms with Crippen molar-refractivity contribution in [3.63, 3.8) is 0 Å². The largest absolute Gasteiger partial charge is 0.307 e. The van der Waals surface area contributed by atoms with Crippen LogP contribution in [0.5, 0.6) is 0 Å². The second-order valence-corrected chi connectivity index (χ2v) is 25.0. The van der Waals surface area contributed by atoms with E-state index in [0.717, 1.165) is 94.9 Å². The first-order valence-corrected chi connectivity index (χ1v) is 32.2. The Morgan fingerprint density at radius 2 is 0.419 bits per heavy atom. The summed E-state index contributed by atoms with van der Waals surface area (Å²) >= 11 is 0. The van der Waals surface area contributed by atoms with Crippen LogP contribution in [0.4, 0.5) is 0 Å². The Balaban J connectivity index is 1.18. The first-order chi connectivity index (χ1) is 46.3. The predicted molar refractivity (Wildman–Crippen MR) is 392 cm³/mol. The van der Waals surface area contributed by atoms with Crippen molar-refractivity contribution in [3.8, 4) is 45.3 Å². The van der Waals surface area contributed by atoms with E-state index in [1.165, 1.54) is 86.8 Å². The summed E-state index contributed by atoms with van der Waals surface area (Å²) in [5.41, 5.74) is 24.7. The number of rotatable bonds is 7. The fraction of sp³-hybridized carbons (Fsp3) is 0. The summed E-state index contributed by atoms with van der Waals surface area (Å²) in [6, 6.07) is 121. The van der Waals surface area contributed by atoms with Crippen LogP contribution >= 0.6 is 0 Å². The molecule has 0 radical (unpaired) electrons. The van der Waals surface area contributed by atoms with Crippen molar-refractivity contribution < 1.29 is 0 Å². The molecule has 0 aliphatic carbocycles. The van der Waals surface area contributed by atoms with Crippen LogP contribution in [0.2, 0.25) is 0 Å². The highest BCUT2D eigenvalue weighted by molar-refractivity contribution is 7.00. The van der Waals surface area contributed by atoms with E-state index in [4.69, 9.17) is 0 Å². The molecule has 0 fully saturated rings. The van der Waals surface area contributed by atoms with Crippen molar-refractivity contribution in [2.75, 3.05) is 0 Å². The van der Waals surface area contributed by atoms with Crippen LogP contribution in [0.3, 0.4) is 0 Å². The third-order valence-corrected chi connectivity index (χ3v) is 20.5. The van der Waals surface area contributed by atoms with Crippen molar-refractivity contribution in [2.24, 2.45) is 0 Å². The lowest BCUT2D eigenvalue weighted by Crippen LogP contribution is -2.52. The zero-order valence-corrected chi connectivity index (χ0v) is 50.4. The minimum absolute atomic E-state index is 0.327. The Bertz CT molecular complexity index is 6070. The maximum atomic E-state index is 2.71. The highest BCUT2D eigenvalue weighted by Crippen LogP contribution is 2.51. The molecule has 6 nitrogen and oxygen atoms in total. The van der Waals surface area contributed by atoms with Crippen molar-refractivity contribution in [1.82, 2.24) is 27.4 Å². The van der Waals surface area contributed by atoms with Crippen LogP contribution in [-0.4, -0.2) is 34.1 Å². The number of para-hydroxylation sites is 11. The quantitative estimate of drug-likeness (QED) is 0.142. The van der Waals surface area contributed by atoms with E-state index in [9.17, 15) is 0 Å². The average Bonchev–Trinajstić information content (AvgIpc) is 1.61. The number of aromatic nitrogens is 6. The minimum Gasteiger partial charge on any atom is -0.307 e. The Hall–Kier alpha value is -12.3. The first kappa shape index (κ1) is 50.5. The van der Waals surface area contributed by atoms with Crippen molar-refractivity contribution in [2.45, 2.75) is 0 Å². The molecular formula is C86H53BN6. The van der Waals surface area contributed by atoms with Crippen LogP contribution < -0.4 is 16.4 Å². The molecule has 0 unspecified atom stereocenters. The molecule has 7 heterocycles. The number of nitrogens with zero attached hydrogens (tertiary/aromatic N) is 6. The van der Waals surface area contributed by atoms with E-state index in [0.29, 0.717) is 0 Å². The van der Waals surface area contributed by atoms with Gasteiger partial charge in [-0.25, -0.2) is 0 Å². The van der Waals surface area contributed by atoms with Gasteiger partial charge in [0.15, 0.2) is 0 Å². The molecule has 0 bridgehead atoms. The summed E-state index contributed by atoms with van der Waals surface area (Å²) in [6.07, 6.45) is 0. The Morgan fingerprint density at radius 1 is 0.183 bits per heavy atom. The van der Waals surface area contributed by atoms with E-state index in [1.54, 1.807) is 0 Å². The highest BCUT2D eigenvalue weighted by Gasteiger charge is 2.44. The van der Waals surface area contributed by atoms with Gasteiger partial charge in [0.2, 0.25) is 6.71 Å². The van der Waals surface area contributed by atoms with E-state index in [-0.39, 0.29) is 6.71 Å². The number of fused-ring (bicyclic) bond motifs is 20. The predicted octanol–water partition coefficient (Wildman–Crippen LogP) is 19.6. The van der Waals surface area contributed by atoms with Crippen LogP contribution in [-0.2, 0) is 0 Å². The van der Waals surface area contributed by atoms with Gasteiger partial charge in [-0.3, -0.25) is 9.13 Å². The van der Waals surface area contributed by atoms with Gasteiger partial charge >= 0.3 is 0 Å². The first-order valence-electron chi connectivity index (χ1n) is 32.2. The van der Waals surface area contributed by atoms with Gasteiger partial charge in [-0.1, -0.05) is 260 Å². The maximum Gasteiger partial charge on any atom is 0.248 e. The molecule has 6 aromatic heterocycles. The fourth-order valence-electron chi connectivity index (χ4n) is 16.9. The molecule has 1 aliphatic heterocycles. The van der Waals surface area contributed by atoms with Crippen LogP contribution in [0, 0.1) is 0 Å². The van der Waals surface area contributed by atoms with Gasteiger partial charge in [0.25, 0.3) is 0 Å². The zero-order chi connectivity index (χ0) is 60.6. The molecule has 14 aromatic carbocycles. The normalized spacial score (nSPS) is 12.5. The molecule has 93 heavy (non-hydrogen) atoms. The molecule has 0 amide bonds. The summed E-state index contributed by atoms with van der Waals surface area (Å²) in [5.74, 6) is 0. The lowest BCUT2D eigenvalue weighted by Gasteiger charge is -2.33. The standard InChI is InChI=1S/C86H53BN6/c1-2-28-54(29-3-1)88-77-52-26-14-40-65(77)79-66-41-15-27-53-78(66)93(86(79)88)85-83(91-73-48-22-10-36-61(73)62-37-11-23-49-74(62)91)81(89-69-44-18-6-32-57(69)58-33-7-19-45-70(58)89)80(87-67-42-16-4-30-55(67)56-31-5-17-43-68(56)87)82(90-71-46-20-8-34-59(71)60-35-9-21-47-72(60)90)84(85)92-75-50-24-12-38-63(75)64-39-13-25-51-76(64)92/h1-53H. The SMILES string of the molecule is c1ccc(-n2c3ccccc3c3c4ccccc4n(-c4c(-n5c6ccccc6c6ccccc65)c(-n5c6ccccc6c6ccccc65)c(B5c6ccccc6-c6ccccc65)c(-n5c6ccccc6c6ccccc65)c4-n4c5ccccc5c5ccccc54)c32)cc1. The molecular weight excluding hydrogens is 1130 g/mol. The van der Waals surface area contributed by atoms with E-state index in [1.807, 2.05) is 0 Å². The van der Waals surface area contributed by atoms with Crippen LogP contribution in [0.25, 0.3) is 165 Å². The molecule has 0 atom stereocenters. The minimum atomic E-state index is -0.327. The third kappa shape index (κ3) is 6.71. The van der Waals surface area contributed by atoms with Gasteiger partial charge in [0.1, 0.15) is 11.3 Å². The maximum absolute atomic E-state index is 2.71. The molecule has 430 valence electrons. The topological polar surface area (TPSA) is 29.6 Å². The molecule has 1 aliphatic rings. The summed E-state index contributed by atoms with van der Waals surface area (Å²) in [7, 11) is 0. The summed E-state index contributed by atoms with van der Waals surface area (Å²) < 4.78 is 16.0.